The normalized spacial score (nSPS) is 2.50. The lowest BCUT2D eigenvalue weighted by Gasteiger charge is -1.30. The molecule has 0 atom stereocenters. The molecule has 0 aliphatic heterocycles. The second-order valence-electron chi connectivity index (χ2n) is 0.241. The maximum absolute atomic E-state index is 6.07. The van der Waals surface area contributed by atoms with Crippen molar-refractivity contribution in [1.29, 1.82) is 0 Å². The van der Waals surface area contributed by atoms with Crippen LogP contribution in [0.5, 0.6) is 0 Å². The zero-order valence-corrected chi connectivity index (χ0v) is 4.18. The van der Waals surface area contributed by atoms with E-state index in [4.69, 9.17) is 6.57 Å². The second kappa shape index (κ2) is 2.92. The predicted molar refractivity (Wildman–Crippen MR) is 19.5 cm³/mol. The average molecular weight is 83.2 g/mol. The fourth-order valence-electron chi connectivity index (χ4n) is 0. The molecule has 0 aliphatic rings. The Morgan fingerprint density at radius 3 is 2.25 bits per heavy atom. The Bertz CT molecular complexity index is 61.0. The Morgan fingerprint density at radius 2 is 2.25 bits per heavy atom. The first-order valence-corrected chi connectivity index (χ1v) is 3.49. The SMILES string of the molecule is [C-]#[N+][Si]#[SiH]. The van der Waals surface area contributed by atoms with Crippen molar-refractivity contribution in [3.05, 3.63) is 11.1 Å². The van der Waals surface area contributed by atoms with Crippen molar-refractivity contribution in [2.24, 2.45) is 0 Å². The van der Waals surface area contributed by atoms with Crippen LogP contribution in [0.1, 0.15) is 0 Å². The third-order valence-corrected chi connectivity index (χ3v) is 0.581. The van der Waals surface area contributed by atoms with Gasteiger partial charge in [-0.25, -0.2) is 6.57 Å². The smallest absolute Gasteiger partial charge is 0.322 e. The molecule has 0 saturated heterocycles. The zero-order valence-electron chi connectivity index (χ0n) is 2.02. The van der Waals surface area contributed by atoms with Crippen molar-refractivity contribution in [2.75, 3.05) is 0 Å². The lowest BCUT2D eigenvalue weighted by Crippen LogP contribution is -1.39. The molecule has 0 spiro atoms. The Labute approximate surface area is 29.7 Å². The van der Waals surface area contributed by atoms with Crippen LogP contribution in [-0.2, 0) is 0 Å². The molecular formula is CHNSi2. The summed E-state index contributed by atoms with van der Waals surface area (Å²) in [6.07, 6.45) is 0. The van der Waals surface area contributed by atoms with Crippen molar-refractivity contribution < 1.29 is 0 Å². The summed E-state index contributed by atoms with van der Waals surface area (Å²) in [6, 6.07) is 0. The molecule has 0 saturated carbocycles. The highest BCUT2D eigenvalue weighted by atomic mass is 28.7. The minimum atomic E-state index is 0.349. The van der Waals surface area contributed by atoms with E-state index in [1.807, 2.05) is 0 Å². The van der Waals surface area contributed by atoms with Crippen molar-refractivity contribution in [3.63, 3.8) is 0 Å². The molecule has 1 nitrogen and oxygen atoms in total. The number of hydrogen-bond acceptors (Lipinski definition) is 0. The molecule has 3 heteroatoms. The van der Waals surface area contributed by atoms with Crippen LogP contribution in [0, 0.1) is 6.57 Å². The van der Waals surface area contributed by atoms with E-state index in [1.165, 1.54) is 0 Å². The van der Waals surface area contributed by atoms with Crippen LogP contribution in [0.15, 0.2) is 0 Å². The van der Waals surface area contributed by atoms with Gasteiger partial charge in [-0.3, -0.25) is 0 Å². The average Bonchev–Trinajstić information content (AvgIpc) is 1.37. The molecule has 0 aromatic rings. The lowest BCUT2D eigenvalue weighted by molar-refractivity contribution is 2.55. The van der Waals surface area contributed by atoms with Crippen molar-refractivity contribution in [2.45, 2.75) is 0 Å². The van der Waals surface area contributed by atoms with Gasteiger partial charge in [0.15, 0.2) is 0 Å². The van der Waals surface area contributed by atoms with Crippen molar-refractivity contribution >= 4 is 17.7 Å². The summed E-state index contributed by atoms with van der Waals surface area (Å²) in [5.41, 5.74) is 0. The van der Waals surface area contributed by atoms with E-state index in [-0.39, 0.29) is 0 Å². The molecule has 18 valence electrons. The number of nitrogens with zero attached hydrogens (tertiary/aromatic N) is 1. The largest absolute Gasteiger partial charge is 0.450 e. The maximum atomic E-state index is 6.07. The van der Waals surface area contributed by atoms with Gasteiger partial charge < -0.3 is 4.51 Å². The first-order chi connectivity index (χ1) is 1.91. The molecule has 0 amide bonds. The molecule has 0 heterocycles. The molecule has 4 heavy (non-hydrogen) atoms. The summed E-state index contributed by atoms with van der Waals surface area (Å²) in [5, 5.41) is 0. The van der Waals surface area contributed by atoms with Gasteiger partial charge in [-0.1, -0.05) is 0 Å². The minimum absolute atomic E-state index is 0.349. The summed E-state index contributed by atoms with van der Waals surface area (Å²) in [6.45, 7) is 6.07. The summed E-state index contributed by atoms with van der Waals surface area (Å²) >= 11 is 0. The van der Waals surface area contributed by atoms with Crippen LogP contribution in [0.3, 0.4) is 0 Å². The van der Waals surface area contributed by atoms with Gasteiger partial charge in [0.2, 0.25) is 0 Å². The van der Waals surface area contributed by atoms with Gasteiger partial charge in [-0.15, -0.1) is 0 Å². The van der Waals surface area contributed by atoms with E-state index in [2.05, 4.69) is 13.7 Å². The Hall–Kier alpha value is -0.0762. The fourth-order valence-corrected chi connectivity index (χ4v) is 0. The molecule has 0 aliphatic carbocycles. The Morgan fingerprint density at radius 1 is 2.00 bits per heavy atom. The first kappa shape index (κ1) is 3.92. The van der Waals surface area contributed by atoms with Crippen LogP contribution in [0.2, 0.25) is 0 Å². The van der Waals surface area contributed by atoms with Crippen LogP contribution in [0.4, 0.5) is 0 Å². The Balaban J connectivity index is 3.14. The van der Waals surface area contributed by atoms with Crippen LogP contribution >= 0.6 is 0 Å². The molecule has 0 radical (unpaired) electrons. The maximum Gasteiger partial charge on any atom is 0.450 e. The van der Waals surface area contributed by atoms with E-state index in [0.717, 1.165) is 0 Å². The Kier molecular flexibility index (Phi) is 2.87. The topological polar surface area (TPSA) is 4.36 Å². The second-order valence-corrected chi connectivity index (χ2v) is 1.50. The molecule has 0 unspecified atom stereocenters. The molecule has 0 fully saturated rings. The highest BCUT2D eigenvalue weighted by molar-refractivity contribution is 6.52. The van der Waals surface area contributed by atoms with Gasteiger partial charge in [0.25, 0.3) is 0 Å². The summed E-state index contributed by atoms with van der Waals surface area (Å²) in [7, 11) is 2.68. The summed E-state index contributed by atoms with van der Waals surface area (Å²) in [4.78, 5) is 0. The van der Waals surface area contributed by atoms with Gasteiger partial charge in [0.05, 0.1) is 0 Å². The van der Waals surface area contributed by atoms with Crippen LogP contribution < -0.4 is 0 Å². The molecule has 0 aromatic carbocycles. The third-order valence-electron chi connectivity index (χ3n) is 0.0645. The van der Waals surface area contributed by atoms with E-state index in [1.54, 1.807) is 0 Å². The third kappa shape index (κ3) is 1.92. The summed E-state index contributed by atoms with van der Waals surface area (Å²) in [5.74, 6) is 0. The van der Waals surface area contributed by atoms with E-state index in [9.17, 15) is 0 Å². The molecule has 0 rings (SSSR count). The predicted octanol–water partition coefficient (Wildman–Crippen LogP) is -0.659. The van der Waals surface area contributed by atoms with E-state index >= 15 is 0 Å². The van der Waals surface area contributed by atoms with Gasteiger partial charge in [0.1, 0.15) is 0 Å². The van der Waals surface area contributed by atoms with Crippen LogP contribution in [-0.4, -0.2) is 17.7 Å². The molecule has 0 bridgehead atoms. The molecule has 0 aromatic heterocycles. The monoisotopic (exact) mass is 83.0 g/mol. The number of rotatable bonds is 0. The quantitative estimate of drug-likeness (QED) is 0.270. The van der Waals surface area contributed by atoms with Crippen molar-refractivity contribution in [3.8, 4) is 0 Å². The van der Waals surface area contributed by atoms with Crippen LogP contribution in [0.25, 0.3) is 4.51 Å². The van der Waals surface area contributed by atoms with E-state index < -0.39 is 0 Å². The van der Waals surface area contributed by atoms with E-state index in [0.29, 0.717) is 8.58 Å². The highest BCUT2D eigenvalue weighted by Gasteiger charge is 1.37. The van der Waals surface area contributed by atoms with Gasteiger partial charge in [0, 0.05) is 9.14 Å². The molecule has 0 N–H and O–H groups in total. The first-order valence-electron chi connectivity index (χ1n) is 0.736. The van der Waals surface area contributed by atoms with Crippen molar-refractivity contribution in [1.82, 2.24) is 0 Å². The zero-order chi connectivity index (χ0) is 3.41. The summed E-state index contributed by atoms with van der Waals surface area (Å²) < 4.78 is 2.98. The fraction of sp³-hybridized carbons (Fsp3) is 0. The minimum Gasteiger partial charge on any atom is -0.322 e. The molecular weight excluding hydrogens is 82.2 g/mol. The lowest BCUT2D eigenvalue weighted by atomic mass is 11.9. The standard InChI is InChI=1S/CHNSi2/c1-2-4-3/h3H. The number of hydrogen-bond donors (Lipinski definition) is 0. The van der Waals surface area contributed by atoms with Gasteiger partial charge >= 0.3 is 8.58 Å². The van der Waals surface area contributed by atoms with Gasteiger partial charge in [-0.05, 0) is 0 Å². The highest BCUT2D eigenvalue weighted by Crippen LogP contribution is 1.26. The van der Waals surface area contributed by atoms with Gasteiger partial charge in [-0.2, -0.15) is 0 Å².